The Kier molecular flexibility index (Phi) is 3.60. The quantitative estimate of drug-likeness (QED) is 0.856. The lowest BCUT2D eigenvalue weighted by Crippen LogP contribution is -2.44. The molecule has 0 heterocycles. The Morgan fingerprint density at radius 2 is 2.11 bits per heavy atom. The van der Waals surface area contributed by atoms with Gasteiger partial charge in [-0.1, -0.05) is 31.0 Å². The van der Waals surface area contributed by atoms with Gasteiger partial charge in [0, 0.05) is 5.69 Å². The first-order valence-corrected chi connectivity index (χ1v) is 6.64. The van der Waals surface area contributed by atoms with E-state index < -0.39 is 11.5 Å². The molecule has 0 spiro atoms. The molecule has 0 aromatic heterocycles. The monoisotopic (exact) mass is 247 g/mol. The number of aryl methyl sites for hydroxylation is 1. The molecule has 1 aromatic rings. The fourth-order valence-electron chi connectivity index (χ4n) is 2.77. The number of aliphatic carboxylic acids is 1. The minimum absolute atomic E-state index is 0.527. The summed E-state index contributed by atoms with van der Waals surface area (Å²) in [6.07, 6.45) is 3.51. The van der Waals surface area contributed by atoms with E-state index >= 15 is 0 Å². The number of carbonyl (C=O) groups is 1. The highest BCUT2D eigenvalue weighted by Crippen LogP contribution is 2.39. The number of hydrogen-bond donors (Lipinski definition) is 2. The number of benzene rings is 1. The molecule has 1 aliphatic rings. The fourth-order valence-corrected chi connectivity index (χ4v) is 2.77. The third-order valence-electron chi connectivity index (χ3n) is 4.04. The number of rotatable bonds is 4. The molecular weight excluding hydrogens is 226 g/mol. The molecule has 0 bridgehead atoms. The van der Waals surface area contributed by atoms with E-state index in [1.165, 1.54) is 5.56 Å². The average molecular weight is 247 g/mol. The Bertz CT molecular complexity index is 427. The van der Waals surface area contributed by atoms with Crippen LogP contribution in [0.4, 0.5) is 5.69 Å². The zero-order valence-electron chi connectivity index (χ0n) is 11.1. The van der Waals surface area contributed by atoms with Gasteiger partial charge in [-0.25, -0.2) is 4.79 Å². The normalized spacial score (nSPS) is 27.1. The SMILES string of the molecule is CCC1CCC(Nc2ccc(C)cc2)(C(=O)O)C1. The summed E-state index contributed by atoms with van der Waals surface area (Å²) in [5.74, 6) is -0.196. The smallest absolute Gasteiger partial charge is 0.329 e. The van der Waals surface area contributed by atoms with Crippen LogP contribution in [-0.2, 0) is 4.79 Å². The number of hydrogen-bond acceptors (Lipinski definition) is 2. The number of carboxylic acids is 1. The van der Waals surface area contributed by atoms with Gasteiger partial charge in [0.1, 0.15) is 5.54 Å². The largest absolute Gasteiger partial charge is 0.480 e. The van der Waals surface area contributed by atoms with Crippen LogP contribution in [0.25, 0.3) is 0 Å². The van der Waals surface area contributed by atoms with Gasteiger partial charge in [0.15, 0.2) is 0 Å². The van der Waals surface area contributed by atoms with Gasteiger partial charge < -0.3 is 10.4 Å². The highest BCUT2D eigenvalue weighted by Gasteiger charge is 2.44. The molecule has 0 radical (unpaired) electrons. The summed E-state index contributed by atoms with van der Waals surface area (Å²) >= 11 is 0. The van der Waals surface area contributed by atoms with Crippen LogP contribution in [0.15, 0.2) is 24.3 Å². The molecule has 2 unspecified atom stereocenters. The van der Waals surface area contributed by atoms with Crippen LogP contribution < -0.4 is 5.32 Å². The van der Waals surface area contributed by atoms with Crippen molar-refractivity contribution in [1.82, 2.24) is 0 Å². The molecule has 2 atom stereocenters. The van der Waals surface area contributed by atoms with Gasteiger partial charge >= 0.3 is 5.97 Å². The van der Waals surface area contributed by atoms with Crippen molar-refractivity contribution in [2.75, 3.05) is 5.32 Å². The zero-order chi connectivity index (χ0) is 13.2. The molecule has 1 aliphatic carbocycles. The summed E-state index contributed by atoms with van der Waals surface area (Å²) in [5, 5.41) is 12.8. The Morgan fingerprint density at radius 1 is 1.44 bits per heavy atom. The third kappa shape index (κ3) is 2.50. The van der Waals surface area contributed by atoms with E-state index in [1.807, 2.05) is 31.2 Å². The van der Waals surface area contributed by atoms with Crippen LogP contribution in [0.5, 0.6) is 0 Å². The molecule has 3 nitrogen and oxygen atoms in total. The van der Waals surface area contributed by atoms with E-state index in [4.69, 9.17) is 0 Å². The van der Waals surface area contributed by atoms with Crippen molar-refractivity contribution in [2.45, 2.75) is 45.1 Å². The van der Waals surface area contributed by atoms with Crippen molar-refractivity contribution < 1.29 is 9.90 Å². The standard InChI is InChI=1S/C15H21NO2/c1-3-12-8-9-15(10-12,14(17)18)16-13-6-4-11(2)5-7-13/h4-7,12,16H,3,8-10H2,1-2H3,(H,17,18). The van der Waals surface area contributed by atoms with Gasteiger partial charge in [-0.05, 0) is 44.2 Å². The van der Waals surface area contributed by atoms with Crippen molar-refractivity contribution in [3.63, 3.8) is 0 Å². The predicted molar refractivity (Wildman–Crippen MR) is 72.8 cm³/mol. The molecule has 1 fully saturated rings. The highest BCUT2D eigenvalue weighted by atomic mass is 16.4. The Labute approximate surface area is 108 Å². The van der Waals surface area contributed by atoms with Crippen molar-refractivity contribution in [3.05, 3.63) is 29.8 Å². The van der Waals surface area contributed by atoms with Gasteiger partial charge in [0.2, 0.25) is 0 Å². The van der Waals surface area contributed by atoms with Crippen molar-refractivity contribution in [3.8, 4) is 0 Å². The summed E-state index contributed by atoms with van der Waals surface area (Å²) in [6, 6.07) is 7.92. The molecule has 1 saturated carbocycles. The second-order valence-electron chi connectivity index (χ2n) is 5.40. The van der Waals surface area contributed by atoms with Crippen LogP contribution in [0.3, 0.4) is 0 Å². The number of carboxylic acid groups (broad SMARTS) is 1. The summed E-state index contributed by atoms with van der Waals surface area (Å²) in [4.78, 5) is 11.6. The molecule has 1 aromatic carbocycles. The van der Waals surface area contributed by atoms with E-state index in [1.54, 1.807) is 0 Å². The van der Waals surface area contributed by atoms with Gasteiger partial charge in [-0.2, -0.15) is 0 Å². The second kappa shape index (κ2) is 5.01. The molecule has 2 rings (SSSR count). The van der Waals surface area contributed by atoms with Gasteiger partial charge in [0.25, 0.3) is 0 Å². The van der Waals surface area contributed by atoms with E-state index in [0.717, 1.165) is 24.9 Å². The summed E-state index contributed by atoms with van der Waals surface area (Å²) < 4.78 is 0. The molecule has 0 aliphatic heterocycles. The zero-order valence-corrected chi connectivity index (χ0v) is 11.1. The molecular formula is C15H21NO2. The first kappa shape index (κ1) is 12.9. The molecule has 18 heavy (non-hydrogen) atoms. The van der Waals surface area contributed by atoms with E-state index in [0.29, 0.717) is 12.3 Å². The molecule has 0 amide bonds. The van der Waals surface area contributed by atoms with E-state index in [-0.39, 0.29) is 0 Å². The molecule has 0 saturated heterocycles. The maximum absolute atomic E-state index is 11.6. The summed E-state index contributed by atoms with van der Waals surface area (Å²) in [6.45, 7) is 4.16. The van der Waals surface area contributed by atoms with Crippen LogP contribution in [0.2, 0.25) is 0 Å². The summed E-state index contributed by atoms with van der Waals surface area (Å²) in [7, 11) is 0. The number of nitrogens with one attached hydrogen (secondary N) is 1. The third-order valence-corrected chi connectivity index (χ3v) is 4.04. The minimum atomic E-state index is -0.768. The fraction of sp³-hybridized carbons (Fsp3) is 0.533. The molecule has 3 heteroatoms. The maximum Gasteiger partial charge on any atom is 0.329 e. The lowest BCUT2D eigenvalue weighted by molar-refractivity contribution is -0.142. The van der Waals surface area contributed by atoms with Crippen molar-refractivity contribution >= 4 is 11.7 Å². The lowest BCUT2D eigenvalue weighted by atomic mass is 9.94. The lowest BCUT2D eigenvalue weighted by Gasteiger charge is -2.27. The average Bonchev–Trinajstić information content (AvgIpc) is 2.77. The van der Waals surface area contributed by atoms with Gasteiger partial charge in [0.05, 0.1) is 0 Å². The molecule has 98 valence electrons. The first-order valence-electron chi connectivity index (χ1n) is 6.64. The number of anilines is 1. The Morgan fingerprint density at radius 3 is 2.61 bits per heavy atom. The minimum Gasteiger partial charge on any atom is -0.480 e. The van der Waals surface area contributed by atoms with Gasteiger partial charge in [-0.15, -0.1) is 0 Å². The molecule has 2 N–H and O–H groups in total. The summed E-state index contributed by atoms with van der Waals surface area (Å²) in [5.41, 5.74) is 1.32. The Hall–Kier alpha value is -1.51. The first-order chi connectivity index (χ1) is 8.55. The van der Waals surface area contributed by atoms with Crippen LogP contribution >= 0.6 is 0 Å². The highest BCUT2D eigenvalue weighted by molar-refractivity contribution is 5.83. The predicted octanol–water partition coefficient (Wildman–Crippen LogP) is 3.44. The second-order valence-corrected chi connectivity index (χ2v) is 5.40. The van der Waals surface area contributed by atoms with Crippen LogP contribution in [0, 0.1) is 12.8 Å². The topological polar surface area (TPSA) is 49.3 Å². The van der Waals surface area contributed by atoms with Gasteiger partial charge in [-0.3, -0.25) is 0 Å². The van der Waals surface area contributed by atoms with Crippen LogP contribution in [0.1, 0.15) is 38.2 Å². The maximum atomic E-state index is 11.6. The van der Waals surface area contributed by atoms with Crippen molar-refractivity contribution in [2.24, 2.45) is 5.92 Å². The van der Waals surface area contributed by atoms with Crippen molar-refractivity contribution in [1.29, 1.82) is 0 Å². The van der Waals surface area contributed by atoms with Crippen LogP contribution in [-0.4, -0.2) is 16.6 Å². The van der Waals surface area contributed by atoms with E-state index in [9.17, 15) is 9.90 Å². The Balaban J connectivity index is 2.17. The van der Waals surface area contributed by atoms with E-state index in [2.05, 4.69) is 12.2 Å².